The van der Waals surface area contributed by atoms with Crippen LogP contribution in [0.5, 0.6) is 0 Å². The number of likely N-dealkylation sites (N-methyl/N-ethyl adjacent to an activating group) is 1. The highest BCUT2D eigenvalue weighted by atomic mass is 16.2. The van der Waals surface area contributed by atoms with Gasteiger partial charge in [0.1, 0.15) is 5.70 Å². The number of carbonyl (C=O) groups is 4. The lowest BCUT2D eigenvalue weighted by Crippen LogP contribution is -2.40. The van der Waals surface area contributed by atoms with Gasteiger partial charge in [-0.25, -0.2) is 0 Å². The van der Waals surface area contributed by atoms with E-state index in [1.165, 1.54) is 4.90 Å². The van der Waals surface area contributed by atoms with E-state index in [0.29, 0.717) is 25.2 Å². The van der Waals surface area contributed by atoms with Crippen molar-refractivity contribution in [2.75, 3.05) is 24.5 Å². The molecule has 0 atom stereocenters. The summed E-state index contributed by atoms with van der Waals surface area (Å²) in [6, 6.07) is 11.5. The zero-order chi connectivity index (χ0) is 26.9. The first kappa shape index (κ1) is 25.9. The Bertz CT molecular complexity index is 1330. The fourth-order valence-electron chi connectivity index (χ4n) is 4.97. The highest BCUT2D eigenvalue weighted by Gasteiger charge is 2.34. The van der Waals surface area contributed by atoms with Crippen molar-refractivity contribution in [3.8, 4) is 11.1 Å². The summed E-state index contributed by atoms with van der Waals surface area (Å²) in [4.78, 5) is 55.4. The van der Waals surface area contributed by atoms with Crippen LogP contribution in [0.15, 0.2) is 61.0 Å². The Labute approximate surface area is 217 Å². The summed E-state index contributed by atoms with van der Waals surface area (Å²) in [6.07, 6.45) is 1.56. The molecule has 192 valence electrons. The Hall–Kier alpha value is -4.20. The van der Waals surface area contributed by atoms with Crippen LogP contribution < -0.4 is 10.2 Å². The molecular formula is C29H32N4O4. The fourth-order valence-corrected chi connectivity index (χ4v) is 4.97. The maximum absolute atomic E-state index is 13.2. The Balaban J connectivity index is 1.53. The molecule has 2 aromatic rings. The first-order valence-electron chi connectivity index (χ1n) is 12.5. The molecule has 4 amide bonds. The normalized spacial score (nSPS) is 13.8. The van der Waals surface area contributed by atoms with E-state index in [0.717, 1.165) is 40.8 Å². The third kappa shape index (κ3) is 4.79. The molecule has 0 saturated heterocycles. The van der Waals surface area contributed by atoms with Crippen LogP contribution in [0.3, 0.4) is 0 Å². The minimum absolute atomic E-state index is 0.0160. The Morgan fingerprint density at radius 1 is 1.05 bits per heavy atom. The second-order valence-electron chi connectivity index (χ2n) is 9.25. The van der Waals surface area contributed by atoms with E-state index < -0.39 is 5.91 Å². The van der Waals surface area contributed by atoms with Gasteiger partial charge in [0.2, 0.25) is 5.91 Å². The van der Waals surface area contributed by atoms with Gasteiger partial charge in [0.25, 0.3) is 17.7 Å². The van der Waals surface area contributed by atoms with Gasteiger partial charge >= 0.3 is 0 Å². The molecule has 0 aromatic heterocycles. The third-order valence-electron chi connectivity index (χ3n) is 6.91. The Morgan fingerprint density at radius 2 is 1.78 bits per heavy atom. The molecule has 0 fully saturated rings. The molecular weight excluding hydrogens is 468 g/mol. The molecule has 0 aliphatic carbocycles. The number of benzene rings is 2. The molecule has 0 saturated carbocycles. The van der Waals surface area contributed by atoms with Crippen molar-refractivity contribution in [3.63, 3.8) is 0 Å². The van der Waals surface area contributed by atoms with Crippen molar-refractivity contribution in [1.29, 1.82) is 0 Å². The Morgan fingerprint density at radius 3 is 2.46 bits per heavy atom. The minimum atomic E-state index is -0.643. The molecule has 1 N–H and O–H groups in total. The van der Waals surface area contributed by atoms with Gasteiger partial charge in [-0.05, 0) is 60.2 Å². The molecule has 37 heavy (non-hydrogen) atoms. The number of amides is 4. The van der Waals surface area contributed by atoms with Crippen LogP contribution in [0, 0.1) is 0 Å². The van der Waals surface area contributed by atoms with E-state index >= 15 is 0 Å². The summed E-state index contributed by atoms with van der Waals surface area (Å²) in [5, 5.41) is 2.51. The van der Waals surface area contributed by atoms with E-state index in [1.54, 1.807) is 22.8 Å². The lowest BCUT2D eigenvalue weighted by Gasteiger charge is -2.23. The summed E-state index contributed by atoms with van der Waals surface area (Å²) in [5.41, 5.74) is 5.05. The molecule has 8 nitrogen and oxygen atoms in total. The lowest BCUT2D eigenvalue weighted by molar-refractivity contribution is -0.129. The van der Waals surface area contributed by atoms with Crippen molar-refractivity contribution in [2.45, 2.75) is 40.2 Å². The van der Waals surface area contributed by atoms with Crippen LogP contribution in [0.4, 0.5) is 5.69 Å². The number of fused-ring (bicyclic) bond motifs is 2. The molecule has 2 aliphatic heterocycles. The summed E-state index contributed by atoms with van der Waals surface area (Å²) < 4.78 is 0. The average molecular weight is 501 g/mol. The summed E-state index contributed by atoms with van der Waals surface area (Å²) in [5.74, 6) is -1.31. The van der Waals surface area contributed by atoms with Crippen molar-refractivity contribution in [1.82, 2.24) is 15.1 Å². The lowest BCUT2D eigenvalue weighted by atomic mass is 9.95. The van der Waals surface area contributed by atoms with Crippen molar-refractivity contribution in [3.05, 3.63) is 77.6 Å². The first-order chi connectivity index (χ1) is 17.7. The van der Waals surface area contributed by atoms with Crippen LogP contribution in [-0.2, 0) is 27.3 Å². The maximum Gasteiger partial charge on any atom is 0.271 e. The van der Waals surface area contributed by atoms with Crippen LogP contribution >= 0.6 is 0 Å². The van der Waals surface area contributed by atoms with Crippen LogP contribution in [0.2, 0.25) is 0 Å². The van der Waals surface area contributed by atoms with Gasteiger partial charge in [0.05, 0.1) is 12.2 Å². The van der Waals surface area contributed by atoms with E-state index in [4.69, 9.17) is 0 Å². The standard InChI is InChI=1S/C29H32N4O4/c1-6-14-31(7-2)28(36)18(3)30-27(35)19(4)33-17-25-23(9-8-10-24(25)29(33)37)21-11-12-26-22(16-21)13-15-32(26)20(5)34/h8-12,16H,3-4,6-7,13-15,17H2,1-2,5H3,(H,30,35). The predicted octanol–water partition coefficient (Wildman–Crippen LogP) is 3.62. The average Bonchev–Trinajstić information content (AvgIpc) is 3.47. The van der Waals surface area contributed by atoms with Crippen molar-refractivity contribution >= 4 is 29.3 Å². The fraction of sp³-hybridized carbons (Fsp3) is 0.310. The summed E-state index contributed by atoms with van der Waals surface area (Å²) in [7, 11) is 0. The van der Waals surface area contributed by atoms with Gasteiger partial charge in [0.15, 0.2) is 0 Å². The molecule has 2 aromatic carbocycles. The molecule has 4 rings (SSSR count). The molecule has 0 spiro atoms. The van der Waals surface area contributed by atoms with Crippen molar-refractivity contribution < 1.29 is 19.2 Å². The zero-order valence-electron chi connectivity index (χ0n) is 21.6. The molecule has 8 heteroatoms. The number of rotatable bonds is 8. The SMILES string of the molecule is C=C(NC(=O)C(=C)N1Cc2c(cccc2-c2ccc3c(c2)CCN3C(C)=O)C1=O)C(=O)N(CC)CCC. The van der Waals surface area contributed by atoms with Crippen LogP contribution in [-0.4, -0.2) is 53.1 Å². The minimum Gasteiger partial charge on any atom is -0.338 e. The van der Waals surface area contributed by atoms with Gasteiger partial charge in [-0.3, -0.25) is 24.1 Å². The van der Waals surface area contributed by atoms with E-state index in [1.807, 2.05) is 38.1 Å². The highest BCUT2D eigenvalue weighted by Crippen LogP contribution is 2.37. The van der Waals surface area contributed by atoms with Gasteiger partial charge < -0.3 is 15.1 Å². The van der Waals surface area contributed by atoms with E-state index in [2.05, 4.69) is 24.5 Å². The maximum atomic E-state index is 13.2. The topological polar surface area (TPSA) is 90.0 Å². The number of nitrogens with one attached hydrogen (secondary N) is 1. The molecule has 0 bridgehead atoms. The van der Waals surface area contributed by atoms with E-state index in [9.17, 15) is 19.2 Å². The molecule has 2 heterocycles. The van der Waals surface area contributed by atoms with Gasteiger partial charge in [-0.15, -0.1) is 0 Å². The second kappa shape index (κ2) is 10.4. The van der Waals surface area contributed by atoms with Gasteiger partial charge in [0, 0.05) is 37.8 Å². The monoisotopic (exact) mass is 500 g/mol. The zero-order valence-corrected chi connectivity index (χ0v) is 21.6. The quantitative estimate of drug-likeness (QED) is 0.561. The summed E-state index contributed by atoms with van der Waals surface area (Å²) >= 11 is 0. The molecule has 0 unspecified atom stereocenters. The number of hydrogen-bond donors (Lipinski definition) is 1. The summed E-state index contributed by atoms with van der Waals surface area (Å²) in [6.45, 7) is 14.9. The van der Waals surface area contributed by atoms with Crippen LogP contribution in [0.1, 0.15) is 48.7 Å². The second-order valence-corrected chi connectivity index (χ2v) is 9.25. The van der Waals surface area contributed by atoms with Crippen molar-refractivity contribution in [2.24, 2.45) is 0 Å². The number of hydrogen-bond acceptors (Lipinski definition) is 4. The van der Waals surface area contributed by atoms with Gasteiger partial charge in [-0.2, -0.15) is 0 Å². The van der Waals surface area contributed by atoms with Gasteiger partial charge in [-0.1, -0.05) is 38.3 Å². The number of nitrogens with zero attached hydrogens (tertiary/aromatic N) is 3. The molecule has 2 aliphatic rings. The smallest absolute Gasteiger partial charge is 0.271 e. The Kier molecular flexibility index (Phi) is 7.29. The largest absolute Gasteiger partial charge is 0.338 e. The number of anilines is 1. The van der Waals surface area contributed by atoms with E-state index in [-0.39, 0.29) is 35.7 Å². The molecule has 0 radical (unpaired) electrons. The highest BCUT2D eigenvalue weighted by molar-refractivity contribution is 6.08. The van der Waals surface area contributed by atoms with Crippen LogP contribution in [0.25, 0.3) is 11.1 Å². The number of carbonyl (C=O) groups excluding carboxylic acids is 4. The predicted molar refractivity (Wildman–Crippen MR) is 142 cm³/mol. The first-order valence-corrected chi connectivity index (χ1v) is 12.5. The third-order valence-corrected chi connectivity index (χ3v) is 6.91.